The molecule has 0 bridgehead atoms. The highest BCUT2D eigenvalue weighted by atomic mass is 79.9. The van der Waals surface area contributed by atoms with Crippen LogP contribution in [0.25, 0.3) is 0 Å². The van der Waals surface area contributed by atoms with Crippen molar-refractivity contribution < 1.29 is 15.0 Å². The Morgan fingerprint density at radius 2 is 2.00 bits per heavy atom. The van der Waals surface area contributed by atoms with Crippen LogP contribution in [0, 0.1) is 0 Å². The molecular weight excluding hydrogens is 266 g/mol. The molecule has 0 saturated carbocycles. The lowest BCUT2D eigenvalue weighted by atomic mass is 9.94. The third kappa shape index (κ3) is 1.80. The zero-order valence-corrected chi connectivity index (χ0v) is 9.18. The van der Waals surface area contributed by atoms with Crippen LogP contribution in [0.2, 0.25) is 0 Å². The molecule has 7 heteroatoms. The average molecular weight is 274 g/mol. The van der Waals surface area contributed by atoms with E-state index < -0.39 is 11.7 Å². The first kappa shape index (κ1) is 10.3. The molecule has 1 aliphatic heterocycles. The largest absolute Gasteiger partial charge is 0.465 e. The van der Waals surface area contributed by atoms with Gasteiger partial charge in [0.15, 0.2) is 11.4 Å². The first-order valence-electron chi connectivity index (χ1n) is 4.19. The zero-order valence-electron chi connectivity index (χ0n) is 7.59. The fourth-order valence-corrected chi connectivity index (χ4v) is 1.62. The Balaban J connectivity index is 2.13. The predicted molar refractivity (Wildman–Crippen MR) is 53.2 cm³/mol. The molecular formula is C8H8BrN3O3. The molecule has 0 unspecified atom stereocenters. The van der Waals surface area contributed by atoms with Crippen molar-refractivity contribution in [3.8, 4) is 0 Å². The van der Waals surface area contributed by atoms with Gasteiger partial charge in [-0.2, -0.15) is 0 Å². The van der Waals surface area contributed by atoms with Crippen molar-refractivity contribution in [2.75, 3.05) is 13.1 Å². The Kier molecular flexibility index (Phi) is 2.35. The summed E-state index contributed by atoms with van der Waals surface area (Å²) >= 11 is 3.18. The molecule has 0 aliphatic carbocycles. The predicted octanol–water partition coefficient (Wildman–Crippen LogP) is 0.420. The lowest BCUT2D eigenvalue weighted by molar-refractivity contribution is -0.0958. The minimum Gasteiger partial charge on any atom is -0.465 e. The van der Waals surface area contributed by atoms with E-state index in [0.717, 1.165) is 4.90 Å². The molecule has 1 aromatic heterocycles. The number of aliphatic hydroxyl groups is 1. The van der Waals surface area contributed by atoms with Crippen LogP contribution in [-0.2, 0) is 5.60 Å². The number of hydrogen-bond donors (Lipinski definition) is 2. The average Bonchev–Trinajstić information content (AvgIpc) is 2.13. The Morgan fingerprint density at radius 1 is 1.47 bits per heavy atom. The van der Waals surface area contributed by atoms with Crippen LogP contribution >= 0.6 is 15.9 Å². The number of carboxylic acid groups (broad SMARTS) is 1. The molecule has 0 aromatic carbocycles. The minimum atomic E-state index is -1.24. The first-order chi connectivity index (χ1) is 7.01. The highest BCUT2D eigenvalue weighted by Crippen LogP contribution is 2.29. The molecule has 1 fully saturated rings. The van der Waals surface area contributed by atoms with E-state index in [1.807, 2.05) is 0 Å². The Bertz CT molecular complexity index is 389. The van der Waals surface area contributed by atoms with Gasteiger partial charge in [0.1, 0.15) is 0 Å². The number of β-amino-alcohol motifs (C(OH)–C–C–N with tert-alkyl or cyclic N) is 1. The Morgan fingerprint density at radius 3 is 2.47 bits per heavy atom. The van der Waals surface area contributed by atoms with Crippen molar-refractivity contribution in [2.45, 2.75) is 5.60 Å². The molecule has 1 aliphatic rings. The molecule has 1 aromatic rings. The lowest BCUT2D eigenvalue weighted by Crippen LogP contribution is -2.61. The van der Waals surface area contributed by atoms with Crippen LogP contribution in [0.5, 0.6) is 0 Å². The second-order valence-corrected chi connectivity index (χ2v) is 4.31. The van der Waals surface area contributed by atoms with Gasteiger partial charge in [-0.05, 0) is 15.9 Å². The van der Waals surface area contributed by atoms with Gasteiger partial charge in [0, 0.05) is 12.4 Å². The van der Waals surface area contributed by atoms with Gasteiger partial charge in [0.2, 0.25) is 0 Å². The first-order valence-corrected chi connectivity index (χ1v) is 4.99. The van der Waals surface area contributed by atoms with Crippen LogP contribution in [-0.4, -0.2) is 44.3 Å². The smallest absolute Gasteiger partial charge is 0.407 e. The van der Waals surface area contributed by atoms with E-state index in [0.29, 0.717) is 4.47 Å². The maximum atomic E-state index is 10.5. The molecule has 0 radical (unpaired) electrons. The molecule has 6 nitrogen and oxygen atoms in total. The van der Waals surface area contributed by atoms with E-state index in [1.54, 1.807) is 0 Å². The number of nitrogens with zero attached hydrogens (tertiary/aromatic N) is 3. The van der Waals surface area contributed by atoms with Crippen LogP contribution in [0.4, 0.5) is 4.79 Å². The van der Waals surface area contributed by atoms with Gasteiger partial charge in [0.25, 0.3) is 0 Å². The second-order valence-electron chi connectivity index (χ2n) is 3.40. The maximum absolute atomic E-state index is 10.5. The van der Waals surface area contributed by atoms with Gasteiger partial charge >= 0.3 is 6.09 Å². The highest BCUT2D eigenvalue weighted by molar-refractivity contribution is 9.10. The van der Waals surface area contributed by atoms with Crippen molar-refractivity contribution in [1.29, 1.82) is 0 Å². The number of carbonyl (C=O) groups is 1. The van der Waals surface area contributed by atoms with Crippen molar-refractivity contribution in [3.63, 3.8) is 0 Å². The normalized spacial score (nSPS) is 18.4. The van der Waals surface area contributed by atoms with E-state index >= 15 is 0 Å². The van der Waals surface area contributed by atoms with Gasteiger partial charge in [-0.15, -0.1) is 0 Å². The van der Waals surface area contributed by atoms with E-state index in [4.69, 9.17) is 5.11 Å². The standard InChI is InChI=1S/C8H8BrN3O3/c9-5-1-10-6(11-2-5)8(15)3-12(4-8)7(13)14/h1-2,15H,3-4H2,(H,13,14). The number of halogens is 1. The van der Waals surface area contributed by atoms with Crippen molar-refractivity contribution in [1.82, 2.24) is 14.9 Å². The minimum absolute atomic E-state index is 0.0178. The molecule has 1 amide bonds. The summed E-state index contributed by atoms with van der Waals surface area (Å²) in [4.78, 5) is 19.5. The topological polar surface area (TPSA) is 86.5 Å². The molecule has 2 heterocycles. The summed E-state index contributed by atoms with van der Waals surface area (Å²) in [5.41, 5.74) is -1.24. The number of aromatic nitrogens is 2. The lowest BCUT2D eigenvalue weighted by Gasteiger charge is -2.43. The van der Waals surface area contributed by atoms with Crippen LogP contribution in [0.3, 0.4) is 0 Å². The van der Waals surface area contributed by atoms with E-state index in [1.165, 1.54) is 12.4 Å². The highest BCUT2D eigenvalue weighted by Gasteiger charge is 2.47. The van der Waals surface area contributed by atoms with E-state index in [9.17, 15) is 9.90 Å². The summed E-state index contributed by atoms with van der Waals surface area (Å²) in [6.45, 7) is 0.0356. The second kappa shape index (κ2) is 3.42. The summed E-state index contributed by atoms with van der Waals surface area (Å²) in [6.07, 6.45) is 1.99. The third-order valence-corrected chi connectivity index (χ3v) is 2.62. The Hall–Kier alpha value is -1.21. The number of rotatable bonds is 1. The molecule has 0 atom stereocenters. The summed E-state index contributed by atoms with van der Waals surface area (Å²) < 4.78 is 0.712. The molecule has 2 N–H and O–H groups in total. The van der Waals surface area contributed by atoms with Crippen LogP contribution < -0.4 is 0 Å². The zero-order chi connectivity index (χ0) is 11.1. The van der Waals surface area contributed by atoms with Crippen molar-refractivity contribution in [3.05, 3.63) is 22.7 Å². The summed E-state index contributed by atoms with van der Waals surface area (Å²) in [6, 6.07) is 0. The molecule has 15 heavy (non-hydrogen) atoms. The SMILES string of the molecule is O=C(O)N1CC(O)(c2ncc(Br)cn2)C1. The molecule has 0 spiro atoms. The maximum Gasteiger partial charge on any atom is 0.407 e. The van der Waals surface area contributed by atoms with Gasteiger partial charge in [-0.1, -0.05) is 0 Å². The quantitative estimate of drug-likeness (QED) is 0.775. The van der Waals surface area contributed by atoms with Crippen LogP contribution in [0.1, 0.15) is 5.82 Å². The van der Waals surface area contributed by atoms with Crippen molar-refractivity contribution in [2.24, 2.45) is 0 Å². The number of amides is 1. The number of likely N-dealkylation sites (tertiary alicyclic amines) is 1. The van der Waals surface area contributed by atoms with Crippen LogP contribution in [0.15, 0.2) is 16.9 Å². The van der Waals surface area contributed by atoms with Gasteiger partial charge in [-0.3, -0.25) is 0 Å². The van der Waals surface area contributed by atoms with Gasteiger partial charge < -0.3 is 15.1 Å². The molecule has 80 valence electrons. The third-order valence-electron chi connectivity index (χ3n) is 2.21. The van der Waals surface area contributed by atoms with Gasteiger partial charge in [-0.25, -0.2) is 14.8 Å². The summed E-state index contributed by atoms with van der Waals surface area (Å²) in [5, 5.41) is 18.6. The Labute approximate surface area is 93.7 Å². The van der Waals surface area contributed by atoms with E-state index in [-0.39, 0.29) is 18.9 Å². The summed E-state index contributed by atoms with van der Waals surface area (Å²) in [7, 11) is 0. The monoisotopic (exact) mass is 273 g/mol. The van der Waals surface area contributed by atoms with E-state index in [2.05, 4.69) is 25.9 Å². The molecule has 1 saturated heterocycles. The van der Waals surface area contributed by atoms with Gasteiger partial charge in [0.05, 0.1) is 17.6 Å². The van der Waals surface area contributed by atoms with Crippen molar-refractivity contribution >= 4 is 22.0 Å². The fourth-order valence-electron chi connectivity index (χ4n) is 1.41. The molecule has 2 rings (SSSR count). The number of hydrogen-bond acceptors (Lipinski definition) is 4. The summed E-state index contributed by atoms with van der Waals surface area (Å²) in [5.74, 6) is 0.253. The fraction of sp³-hybridized carbons (Fsp3) is 0.375.